The molecule has 0 bridgehead atoms. The monoisotopic (exact) mass is 337 g/mol. The summed E-state index contributed by atoms with van der Waals surface area (Å²) in [6.07, 6.45) is 1.70. The standard InChI is InChI=1S/C16H20FN3O2S/c1-12-9-16(19-18-12)13-6-4-8-20(10-13)23(21,22)11-14-5-2-3-7-15(14)17/h2-3,5,7,9,13H,4,6,8,10-11H2,1H3,(H,18,19). The topological polar surface area (TPSA) is 66.1 Å². The highest BCUT2D eigenvalue weighted by molar-refractivity contribution is 7.88. The Bertz CT molecular complexity index is 788. The number of nitrogens with one attached hydrogen (secondary N) is 1. The molecule has 0 radical (unpaired) electrons. The first-order valence-electron chi connectivity index (χ1n) is 7.69. The van der Waals surface area contributed by atoms with Crippen molar-refractivity contribution >= 4 is 10.0 Å². The highest BCUT2D eigenvalue weighted by atomic mass is 32.2. The summed E-state index contributed by atoms with van der Waals surface area (Å²) in [5.74, 6) is -0.692. The van der Waals surface area contributed by atoms with Crippen LogP contribution in [0, 0.1) is 12.7 Å². The SMILES string of the molecule is Cc1cc(C2CCCN(S(=O)(=O)Cc3ccccc3F)C2)n[nH]1. The van der Waals surface area contributed by atoms with Gasteiger partial charge < -0.3 is 0 Å². The zero-order chi connectivity index (χ0) is 16.4. The number of H-pyrrole nitrogens is 1. The molecule has 0 saturated carbocycles. The van der Waals surface area contributed by atoms with Crippen molar-refractivity contribution in [3.05, 3.63) is 53.1 Å². The summed E-state index contributed by atoms with van der Waals surface area (Å²) in [5, 5.41) is 7.15. The number of aromatic amines is 1. The van der Waals surface area contributed by atoms with E-state index in [1.54, 1.807) is 12.1 Å². The van der Waals surface area contributed by atoms with Gasteiger partial charge in [-0.25, -0.2) is 17.1 Å². The van der Waals surface area contributed by atoms with E-state index in [-0.39, 0.29) is 17.2 Å². The molecule has 1 unspecified atom stereocenters. The first kappa shape index (κ1) is 16.1. The molecule has 2 aromatic rings. The molecule has 1 aromatic carbocycles. The van der Waals surface area contributed by atoms with E-state index in [4.69, 9.17) is 0 Å². The fourth-order valence-electron chi connectivity index (χ4n) is 2.99. The van der Waals surface area contributed by atoms with Gasteiger partial charge in [0.15, 0.2) is 0 Å². The molecule has 0 aliphatic carbocycles. The molecule has 1 saturated heterocycles. The van der Waals surface area contributed by atoms with Crippen molar-refractivity contribution in [2.75, 3.05) is 13.1 Å². The van der Waals surface area contributed by atoms with Crippen LogP contribution in [0.15, 0.2) is 30.3 Å². The number of hydrogen-bond acceptors (Lipinski definition) is 3. The van der Waals surface area contributed by atoms with Crippen molar-refractivity contribution in [1.29, 1.82) is 0 Å². The Morgan fingerprint density at radius 1 is 1.39 bits per heavy atom. The maximum Gasteiger partial charge on any atom is 0.218 e. The van der Waals surface area contributed by atoms with Crippen molar-refractivity contribution in [2.45, 2.75) is 31.4 Å². The highest BCUT2D eigenvalue weighted by Crippen LogP contribution is 2.28. The third-order valence-corrected chi connectivity index (χ3v) is 6.01. The molecule has 1 aliphatic heterocycles. The Hall–Kier alpha value is -1.73. The van der Waals surface area contributed by atoms with Crippen molar-refractivity contribution in [3.63, 3.8) is 0 Å². The lowest BCUT2D eigenvalue weighted by Crippen LogP contribution is -2.39. The van der Waals surface area contributed by atoms with E-state index >= 15 is 0 Å². The van der Waals surface area contributed by atoms with Crippen LogP contribution in [0.5, 0.6) is 0 Å². The number of halogens is 1. The van der Waals surface area contributed by atoms with Gasteiger partial charge in [0.05, 0.1) is 11.4 Å². The van der Waals surface area contributed by atoms with Crippen molar-refractivity contribution in [3.8, 4) is 0 Å². The molecule has 1 atom stereocenters. The van der Waals surface area contributed by atoms with Gasteiger partial charge in [-0.1, -0.05) is 18.2 Å². The van der Waals surface area contributed by atoms with E-state index in [0.29, 0.717) is 13.1 Å². The fourth-order valence-corrected chi connectivity index (χ4v) is 4.61. The van der Waals surface area contributed by atoms with Crippen LogP contribution >= 0.6 is 0 Å². The Balaban J connectivity index is 1.76. The first-order chi connectivity index (χ1) is 11.0. The molecule has 1 N–H and O–H groups in total. The molecule has 0 amide bonds. The summed E-state index contributed by atoms with van der Waals surface area (Å²) in [5.41, 5.74) is 2.07. The van der Waals surface area contributed by atoms with Crippen LogP contribution in [-0.4, -0.2) is 36.0 Å². The predicted octanol–water partition coefficient (Wildman–Crippen LogP) is 2.57. The number of nitrogens with zero attached hydrogens (tertiary/aromatic N) is 2. The van der Waals surface area contributed by atoms with E-state index in [2.05, 4.69) is 10.2 Å². The molecule has 2 heterocycles. The fraction of sp³-hybridized carbons (Fsp3) is 0.438. The third kappa shape index (κ3) is 3.61. The molecule has 1 aromatic heterocycles. The number of sulfonamides is 1. The van der Waals surface area contributed by atoms with Crippen LogP contribution in [-0.2, 0) is 15.8 Å². The van der Waals surface area contributed by atoms with Crippen LogP contribution in [0.2, 0.25) is 0 Å². The number of benzene rings is 1. The smallest absolute Gasteiger partial charge is 0.218 e. The van der Waals surface area contributed by atoms with Gasteiger partial charge in [-0.15, -0.1) is 0 Å². The van der Waals surface area contributed by atoms with E-state index in [1.807, 2.05) is 13.0 Å². The number of piperidine rings is 1. The molecule has 0 spiro atoms. The quantitative estimate of drug-likeness (QED) is 0.932. The maximum atomic E-state index is 13.7. The van der Waals surface area contributed by atoms with Gasteiger partial charge in [0.1, 0.15) is 5.82 Å². The molecule has 23 heavy (non-hydrogen) atoms. The zero-order valence-corrected chi connectivity index (χ0v) is 13.8. The molecule has 1 aliphatic rings. The Kier molecular flexibility index (Phi) is 4.50. The summed E-state index contributed by atoms with van der Waals surface area (Å²) >= 11 is 0. The Labute approximate surface area is 135 Å². The normalized spacial score (nSPS) is 19.8. The lowest BCUT2D eigenvalue weighted by Gasteiger charge is -2.31. The largest absolute Gasteiger partial charge is 0.283 e. The average Bonchev–Trinajstić information content (AvgIpc) is 2.96. The molecular weight excluding hydrogens is 317 g/mol. The zero-order valence-electron chi connectivity index (χ0n) is 13.0. The van der Waals surface area contributed by atoms with Crippen molar-refractivity contribution in [1.82, 2.24) is 14.5 Å². The molecule has 1 fully saturated rings. The minimum atomic E-state index is -3.54. The summed E-state index contributed by atoms with van der Waals surface area (Å²) in [4.78, 5) is 0. The number of rotatable bonds is 4. The van der Waals surface area contributed by atoms with Gasteiger partial charge in [-0.2, -0.15) is 5.10 Å². The number of aromatic nitrogens is 2. The number of aryl methyl sites for hydroxylation is 1. The molecular formula is C16H20FN3O2S. The van der Waals surface area contributed by atoms with Gasteiger partial charge in [0.2, 0.25) is 10.0 Å². The van der Waals surface area contributed by atoms with Crippen LogP contribution < -0.4 is 0 Å². The lowest BCUT2D eigenvalue weighted by atomic mass is 9.96. The third-order valence-electron chi connectivity index (χ3n) is 4.22. The second kappa shape index (κ2) is 6.41. The van der Waals surface area contributed by atoms with Gasteiger partial charge in [0.25, 0.3) is 0 Å². The lowest BCUT2D eigenvalue weighted by molar-refractivity contribution is 0.312. The highest BCUT2D eigenvalue weighted by Gasteiger charge is 2.31. The van der Waals surface area contributed by atoms with Crippen molar-refractivity contribution in [2.24, 2.45) is 0 Å². The summed E-state index contributed by atoms with van der Waals surface area (Å²) in [6.45, 7) is 2.81. The van der Waals surface area contributed by atoms with Crippen molar-refractivity contribution < 1.29 is 12.8 Å². The predicted molar refractivity (Wildman–Crippen MR) is 85.9 cm³/mol. The van der Waals surface area contributed by atoms with E-state index in [9.17, 15) is 12.8 Å². The van der Waals surface area contributed by atoms with Gasteiger partial charge in [0, 0.05) is 30.3 Å². The molecule has 3 rings (SSSR count). The van der Waals surface area contributed by atoms with Crippen LogP contribution in [0.3, 0.4) is 0 Å². The molecule has 124 valence electrons. The maximum absolute atomic E-state index is 13.7. The van der Waals surface area contributed by atoms with Crippen LogP contribution in [0.4, 0.5) is 4.39 Å². The summed E-state index contributed by atoms with van der Waals surface area (Å²) < 4.78 is 40.4. The summed E-state index contributed by atoms with van der Waals surface area (Å²) in [7, 11) is -3.54. The van der Waals surface area contributed by atoms with E-state index in [0.717, 1.165) is 24.2 Å². The second-order valence-electron chi connectivity index (χ2n) is 6.02. The first-order valence-corrected chi connectivity index (χ1v) is 9.30. The molecule has 7 heteroatoms. The summed E-state index contributed by atoms with van der Waals surface area (Å²) in [6, 6.07) is 7.97. The number of hydrogen-bond donors (Lipinski definition) is 1. The Morgan fingerprint density at radius 3 is 2.87 bits per heavy atom. The van der Waals surface area contributed by atoms with Crippen LogP contribution in [0.25, 0.3) is 0 Å². The minimum absolute atomic E-state index is 0.0871. The van der Waals surface area contributed by atoms with Crippen LogP contribution in [0.1, 0.15) is 35.7 Å². The molecule has 5 nitrogen and oxygen atoms in total. The Morgan fingerprint density at radius 2 is 2.17 bits per heavy atom. The van der Waals surface area contributed by atoms with Gasteiger partial charge >= 0.3 is 0 Å². The minimum Gasteiger partial charge on any atom is -0.283 e. The van der Waals surface area contributed by atoms with E-state index in [1.165, 1.54) is 16.4 Å². The van der Waals surface area contributed by atoms with Gasteiger partial charge in [-0.3, -0.25) is 5.10 Å². The average molecular weight is 337 g/mol. The second-order valence-corrected chi connectivity index (χ2v) is 7.99. The van der Waals surface area contributed by atoms with E-state index < -0.39 is 15.8 Å². The van der Waals surface area contributed by atoms with Gasteiger partial charge in [-0.05, 0) is 31.9 Å².